The minimum atomic E-state index is 0.0251. The van der Waals surface area contributed by atoms with Gasteiger partial charge >= 0.3 is 0 Å². The first-order valence-corrected chi connectivity index (χ1v) is 11.3. The predicted molar refractivity (Wildman–Crippen MR) is 129 cm³/mol. The van der Waals surface area contributed by atoms with E-state index in [1.807, 2.05) is 48.5 Å². The molecule has 9 heteroatoms. The second kappa shape index (κ2) is 9.07. The van der Waals surface area contributed by atoms with Crippen LogP contribution in [0, 0.1) is 11.8 Å². The predicted octanol–water partition coefficient (Wildman–Crippen LogP) is 5.31. The maximum absolute atomic E-state index is 12.2. The van der Waals surface area contributed by atoms with Gasteiger partial charge < -0.3 is 21.3 Å². The Bertz CT molecular complexity index is 1190. The lowest BCUT2D eigenvalue weighted by molar-refractivity contribution is -0.118. The fourth-order valence-corrected chi connectivity index (χ4v) is 3.42. The summed E-state index contributed by atoms with van der Waals surface area (Å²) in [5, 5.41) is 12.6. The first kappa shape index (κ1) is 21.2. The number of para-hydroxylation sites is 2. The molecule has 1 aromatic heterocycles. The van der Waals surface area contributed by atoms with Crippen molar-refractivity contribution in [1.82, 2.24) is 9.97 Å². The highest BCUT2D eigenvalue weighted by molar-refractivity contribution is 6.33. The van der Waals surface area contributed by atoms with Gasteiger partial charge in [-0.25, -0.2) is 4.98 Å². The SMILES string of the molecule is O=C(Nc1ccc(Nc2ncc(Cl)c(Nc3ccccc3NC(=O)C3CC3)n2)cc1)C1CC1. The fraction of sp³-hybridized carbons (Fsp3) is 0.250. The van der Waals surface area contributed by atoms with E-state index >= 15 is 0 Å². The van der Waals surface area contributed by atoms with Gasteiger partial charge in [0.2, 0.25) is 17.8 Å². The van der Waals surface area contributed by atoms with E-state index in [-0.39, 0.29) is 23.7 Å². The lowest BCUT2D eigenvalue weighted by Gasteiger charge is -2.14. The van der Waals surface area contributed by atoms with Crippen LogP contribution in [0.4, 0.5) is 34.5 Å². The molecule has 168 valence electrons. The Labute approximate surface area is 196 Å². The normalized spacial score (nSPS) is 14.9. The lowest BCUT2D eigenvalue weighted by atomic mass is 10.2. The number of nitrogens with one attached hydrogen (secondary N) is 4. The van der Waals surface area contributed by atoms with E-state index in [1.54, 1.807) is 0 Å². The van der Waals surface area contributed by atoms with Crippen LogP contribution in [0.25, 0.3) is 0 Å². The summed E-state index contributed by atoms with van der Waals surface area (Å²) in [6.07, 6.45) is 5.30. The van der Waals surface area contributed by atoms with Crippen molar-refractivity contribution in [2.24, 2.45) is 11.8 Å². The van der Waals surface area contributed by atoms with Gasteiger partial charge in [-0.05, 0) is 62.1 Å². The molecule has 33 heavy (non-hydrogen) atoms. The third kappa shape index (κ3) is 5.40. The zero-order valence-corrected chi connectivity index (χ0v) is 18.5. The van der Waals surface area contributed by atoms with Gasteiger partial charge in [-0.15, -0.1) is 0 Å². The van der Waals surface area contributed by atoms with Gasteiger partial charge in [0.1, 0.15) is 5.02 Å². The van der Waals surface area contributed by atoms with Crippen molar-refractivity contribution in [3.8, 4) is 0 Å². The maximum atomic E-state index is 12.2. The zero-order valence-electron chi connectivity index (χ0n) is 17.8. The molecule has 0 atom stereocenters. The molecule has 2 amide bonds. The van der Waals surface area contributed by atoms with Crippen molar-refractivity contribution in [1.29, 1.82) is 0 Å². The molecule has 4 N–H and O–H groups in total. The van der Waals surface area contributed by atoms with E-state index in [1.165, 1.54) is 6.20 Å². The van der Waals surface area contributed by atoms with Crippen LogP contribution >= 0.6 is 11.6 Å². The number of anilines is 6. The van der Waals surface area contributed by atoms with E-state index in [4.69, 9.17) is 11.6 Å². The number of amides is 2. The number of benzene rings is 2. The number of rotatable bonds is 8. The average molecular weight is 463 g/mol. The van der Waals surface area contributed by atoms with Gasteiger partial charge in [-0.1, -0.05) is 23.7 Å². The van der Waals surface area contributed by atoms with Crippen LogP contribution in [0.2, 0.25) is 5.02 Å². The molecule has 0 aliphatic heterocycles. The first-order valence-electron chi connectivity index (χ1n) is 10.9. The summed E-state index contributed by atoms with van der Waals surface area (Å²) in [5.74, 6) is 1.12. The van der Waals surface area contributed by atoms with E-state index in [2.05, 4.69) is 31.2 Å². The van der Waals surface area contributed by atoms with Crippen LogP contribution in [-0.2, 0) is 9.59 Å². The van der Waals surface area contributed by atoms with Gasteiger partial charge in [0.25, 0.3) is 0 Å². The molecule has 2 aliphatic carbocycles. The Kier molecular flexibility index (Phi) is 5.83. The van der Waals surface area contributed by atoms with Crippen LogP contribution in [-0.4, -0.2) is 21.8 Å². The molecule has 0 spiro atoms. The van der Waals surface area contributed by atoms with E-state index in [9.17, 15) is 9.59 Å². The van der Waals surface area contributed by atoms with Gasteiger partial charge in [-0.2, -0.15) is 4.98 Å². The van der Waals surface area contributed by atoms with Gasteiger partial charge in [0, 0.05) is 23.2 Å². The molecule has 1 heterocycles. The highest BCUT2D eigenvalue weighted by Crippen LogP contribution is 2.33. The molecule has 8 nitrogen and oxygen atoms in total. The third-order valence-electron chi connectivity index (χ3n) is 5.49. The molecule has 2 saturated carbocycles. The standard InChI is InChI=1S/C24H23ClN6O2/c25-18-13-26-24(28-17-11-9-16(10-12-17)27-22(32)14-5-6-14)31-21(18)29-19-3-1-2-4-20(19)30-23(33)15-7-8-15/h1-4,9-15H,5-8H2,(H,27,32)(H,30,33)(H2,26,28,29,31). The monoisotopic (exact) mass is 462 g/mol. The fourth-order valence-electron chi connectivity index (χ4n) is 3.28. The summed E-state index contributed by atoms with van der Waals surface area (Å²) in [6.45, 7) is 0. The Morgan fingerprint density at radius 3 is 2.06 bits per heavy atom. The topological polar surface area (TPSA) is 108 Å². The van der Waals surface area contributed by atoms with Crippen LogP contribution in [0.5, 0.6) is 0 Å². The van der Waals surface area contributed by atoms with Crippen LogP contribution < -0.4 is 21.3 Å². The molecule has 0 radical (unpaired) electrons. The van der Waals surface area contributed by atoms with Crippen LogP contribution in [0.3, 0.4) is 0 Å². The molecule has 5 rings (SSSR count). The number of hydrogen-bond donors (Lipinski definition) is 4. The summed E-state index contributed by atoms with van der Waals surface area (Å²) in [5.41, 5.74) is 2.88. The summed E-state index contributed by atoms with van der Waals surface area (Å²) < 4.78 is 0. The van der Waals surface area contributed by atoms with Crippen molar-refractivity contribution < 1.29 is 9.59 Å². The maximum Gasteiger partial charge on any atom is 0.229 e. The van der Waals surface area contributed by atoms with Crippen LogP contribution in [0.1, 0.15) is 25.7 Å². The Hall–Kier alpha value is -3.65. The Balaban J connectivity index is 1.28. The molecular formula is C24H23ClN6O2. The Morgan fingerprint density at radius 1 is 0.788 bits per heavy atom. The second-order valence-corrected chi connectivity index (χ2v) is 8.70. The number of nitrogens with zero attached hydrogens (tertiary/aromatic N) is 2. The molecule has 2 fully saturated rings. The number of hydrogen-bond acceptors (Lipinski definition) is 6. The average Bonchev–Trinajstić information content (AvgIpc) is 3.71. The molecule has 0 bridgehead atoms. The van der Waals surface area contributed by atoms with E-state index in [0.717, 1.165) is 37.1 Å². The number of carbonyl (C=O) groups is 2. The van der Waals surface area contributed by atoms with Gasteiger partial charge in [0.15, 0.2) is 5.82 Å². The van der Waals surface area contributed by atoms with Crippen molar-refractivity contribution in [3.05, 3.63) is 59.8 Å². The highest BCUT2D eigenvalue weighted by Gasteiger charge is 2.30. The number of halogens is 1. The van der Waals surface area contributed by atoms with Crippen molar-refractivity contribution >= 4 is 57.9 Å². The summed E-state index contributed by atoms with van der Waals surface area (Å²) in [7, 11) is 0. The first-order chi connectivity index (χ1) is 16.0. The Morgan fingerprint density at radius 2 is 1.39 bits per heavy atom. The second-order valence-electron chi connectivity index (χ2n) is 8.29. The quantitative estimate of drug-likeness (QED) is 0.361. The van der Waals surface area contributed by atoms with Crippen molar-refractivity contribution in [3.63, 3.8) is 0 Å². The van der Waals surface area contributed by atoms with Crippen molar-refractivity contribution in [2.75, 3.05) is 21.3 Å². The van der Waals surface area contributed by atoms with Gasteiger partial charge in [-0.3, -0.25) is 9.59 Å². The molecule has 0 unspecified atom stereocenters. The van der Waals surface area contributed by atoms with Crippen molar-refractivity contribution in [2.45, 2.75) is 25.7 Å². The summed E-state index contributed by atoms with van der Waals surface area (Å²) >= 11 is 6.32. The van der Waals surface area contributed by atoms with Crippen LogP contribution in [0.15, 0.2) is 54.7 Å². The van der Waals surface area contributed by atoms with E-state index < -0.39 is 0 Å². The number of aromatic nitrogens is 2. The highest BCUT2D eigenvalue weighted by atomic mass is 35.5. The minimum Gasteiger partial charge on any atom is -0.337 e. The lowest BCUT2D eigenvalue weighted by Crippen LogP contribution is -2.14. The third-order valence-corrected chi connectivity index (χ3v) is 5.76. The summed E-state index contributed by atoms with van der Waals surface area (Å²) in [4.78, 5) is 32.8. The largest absolute Gasteiger partial charge is 0.337 e. The molecule has 3 aromatic rings. The summed E-state index contributed by atoms with van der Waals surface area (Å²) in [6, 6.07) is 14.8. The molecule has 2 aliphatic rings. The molecule has 0 saturated heterocycles. The smallest absolute Gasteiger partial charge is 0.229 e. The molecular weight excluding hydrogens is 440 g/mol. The van der Waals surface area contributed by atoms with E-state index in [0.29, 0.717) is 28.2 Å². The minimum absolute atomic E-state index is 0.0251. The molecule has 2 aromatic carbocycles. The zero-order chi connectivity index (χ0) is 22.8. The van der Waals surface area contributed by atoms with Gasteiger partial charge in [0.05, 0.1) is 17.6 Å². The number of carbonyl (C=O) groups excluding carboxylic acids is 2.